The molecule has 0 aromatic heterocycles. The molecule has 0 aliphatic heterocycles. The Hall–Kier alpha value is -0.860. The largest absolute Gasteiger partial charge is 0.329 e. The molecule has 1 aromatic carbocycles. The molecule has 0 bridgehead atoms. The van der Waals surface area contributed by atoms with E-state index in [0.29, 0.717) is 6.54 Å². The Kier molecular flexibility index (Phi) is 3.39. The number of rotatable bonds is 3. The highest BCUT2D eigenvalue weighted by molar-refractivity contribution is 5.29. The molecule has 0 saturated carbocycles. The van der Waals surface area contributed by atoms with Gasteiger partial charge in [0.2, 0.25) is 0 Å². The lowest BCUT2D eigenvalue weighted by Gasteiger charge is -2.26. The molecule has 1 aliphatic carbocycles. The molecule has 0 saturated heterocycles. The van der Waals surface area contributed by atoms with Crippen LogP contribution in [0.25, 0.3) is 0 Å². The molecule has 2 nitrogen and oxygen atoms in total. The summed E-state index contributed by atoms with van der Waals surface area (Å²) >= 11 is 0. The first-order valence-corrected chi connectivity index (χ1v) is 5.82. The van der Waals surface area contributed by atoms with Crippen molar-refractivity contribution in [2.45, 2.75) is 31.7 Å². The first kappa shape index (κ1) is 10.7. The predicted molar refractivity (Wildman–Crippen MR) is 63.6 cm³/mol. The number of benzene rings is 1. The van der Waals surface area contributed by atoms with E-state index < -0.39 is 0 Å². The summed E-state index contributed by atoms with van der Waals surface area (Å²) in [5, 5.41) is 0. The average molecular weight is 204 g/mol. The molecule has 1 aliphatic rings. The van der Waals surface area contributed by atoms with E-state index in [4.69, 9.17) is 11.5 Å². The Morgan fingerprint density at radius 3 is 2.73 bits per heavy atom. The molecule has 0 radical (unpaired) electrons. The van der Waals surface area contributed by atoms with Gasteiger partial charge in [0.25, 0.3) is 0 Å². The van der Waals surface area contributed by atoms with Gasteiger partial charge in [0.15, 0.2) is 0 Å². The molecule has 0 amide bonds. The maximum atomic E-state index is 5.90. The van der Waals surface area contributed by atoms with E-state index in [2.05, 4.69) is 24.3 Å². The number of aryl methyl sites for hydroxylation is 1. The van der Waals surface area contributed by atoms with Crippen LogP contribution < -0.4 is 11.5 Å². The molecule has 1 aromatic rings. The summed E-state index contributed by atoms with van der Waals surface area (Å²) in [5.74, 6) is 0.735. The molecule has 0 heterocycles. The highest BCUT2D eigenvalue weighted by atomic mass is 14.7. The summed E-state index contributed by atoms with van der Waals surface area (Å²) in [6.45, 7) is 0.609. The quantitative estimate of drug-likeness (QED) is 0.783. The van der Waals surface area contributed by atoms with Gasteiger partial charge in [0.1, 0.15) is 0 Å². The minimum Gasteiger partial charge on any atom is -0.329 e. The Morgan fingerprint density at radius 1 is 1.27 bits per heavy atom. The van der Waals surface area contributed by atoms with Gasteiger partial charge in [-0.05, 0) is 42.7 Å². The van der Waals surface area contributed by atoms with Gasteiger partial charge in [-0.25, -0.2) is 0 Å². The van der Waals surface area contributed by atoms with Crippen molar-refractivity contribution in [1.82, 2.24) is 0 Å². The van der Waals surface area contributed by atoms with Crippen molar-refractivity contribution in [2.24, 2.45) is 17.4 Å². The van der Waals surface area contributed by atoms with Crippen molar-refractivity contribution in [3.8, 4) is 0 Å². The van der Waals surface area contributed by atoms with Gasteiger partial charge in [0.05, 0.1) is 0 Å². The van der Waals surface area contributed by atoms with Gasteiger partial charge in [-0.2, -0.15) is 0 Å². The van der Waals surface area contributed by atoms with E-state index in [-0.39, 0.29) is 6.04 Å². The third-order valence-corrected chi connectivity index (χ3v) is 3.39. The van der Waals surface area contributed by atoms with Crippen LogP contribution in [0.15, 0.2) is 24.3 Å². The number of hydrogen-bond acceptors (Lipinski definition) is 2. The van der Waals surface area contributed by atoms with Crippen molar-refractivity contribution in [1.29, 1.82) is 0 Å². The summed E-state index contributed by atoms with van der Waals surface area (Å²) in [7, 11) is 0. The Morgan fingerprint density at radius 2 is 2.00 bits per heavy atom. The fourth-order valence-corrected chi connectivity index (χ4v) is 2.50. The summed E-state index contributed by atoms with van der Waals surface area (Å²) in [4.78, 5) is 0. The van der Waals surface area contributed by atoms with E-state index >= 15 is 0 Å². The van der Waals surface area contributed by atoms with Crippen molar-refractivity contribution in [3.05, 3.63) is 35.4 Å². The highest BCUT2D eigenvalue weighted by Crippen LogP contribution is 2.27. The smallest absolute Gasteiger partial charge is 0.0165 e. The van der Waals surface area contributed by atoms with Gasteiger partial charge in [-0.1, -0.05) is 24.3 Å². The molecule has 4 N–H and O–H groups in total. The minimum absolute atomic E-state index is 0.181. The molecule has 0 unspecified atom stereocenters. The van der Waals surface area contributed by atoms with Crippen LogP contribution in [0.4, 0.5) is 0 Å². The van der Waals surface area contributed by atoms with Gasteiger partial charge in [0, 0.05) is 12.6 Å². The van der Waals surface area contributed by atoms with Crippen molar-refractivity contribution in [3.63, 3.8) is 0 Å². The van der Waals surface area contributed by atoms with Crippen molar-refractivity contribution < 1.29 is 0 Å². The molecule has 82 valence electrons. The van der Waals surface area contributed by atoms with E-state index in [1.165, 1.54) is 30.4 Å². The monoisotopic (exact) mass is 204 g/mol. The molecule has 2 atom stereocenters. The predicted octanol–water partition coefficient (Wildman–Crippen LogP) is 1.47. The zero-order valence-electron chi connectivity index (χ0n) is 9.15. The van der Waals surface area contributed by atoms with Crippen LogP contribution in [0, 0.1) is 5.92 Å². The van der Waals surface area contributed by atoms with Gasteiger partial charge in [-0.3, -0.25) is 0 Å². The minimum atomic E-state index is 0.181. The lowest BCUT2D eigenvalue weighted by molar-refractivity contribution is 0.391. The topological polar surface area (TPSA) is 52.0 Å². The van der Waals surface area contributed by atoms with Crippen molar-refractivity contribution >= 4 is 0 Å². The Labute approximate surface area is 91.7 Å². The number of fused-ring (bicyclic) bond motifs is 1. The van der Waals surface area contributed by atoms with Gasteiger partial charge >= 0.3 is 0 Å². The molecule has 15 heavy (non-hydrogen) atoms. The zero-order valence-corrected chi connectivity index (χ0v) is 9.15. The lowest BCUT2D eigenvalue weighted by Crippen LogP contribution is -2.33. The van der Waals surface area contributed by atoms with E-state index in [9.17, 15) is 0 Å². The van der Waals surface area contributed by atoms with E-state index in [1.54, 1.807) is 0 Å². The molecule has 0 fully saturated rings. The first-order chi connectivity index (χ1) is 7.29. The summed E-state index contributed by atoms with van der Waals surface area (Å²) in [6.07, 6.45) is 4.73. The summed E-state index contributed by atoms with van der Waals surface area (Å²) < 4.78 is 0. The second kappa shape index (κ2) is 4.77. The summed E-state index contributed by atoms with van der Waals surface area (Å²) in [5.41, 5.74) is 14.5. The molecule has 2 rings (SSSR count). The first-order valence-electron chi connectivity index (χ1n) is 5.82. The van der Waals surface area contributed by atoms with Crippen LogP contribution in [-0.2, 0) is 12.8 Å². The van der Waals surface area contributed by atoms with Crippen LogP contribution in [0.5, 0.6) is 0 Å². The molecule has 2 heteroatoms. The number of hydrogen-bond donors (Lipinski definition) is 2. The Balaban J connectivity index is 1.99. The number of nitrogens with two attached hydrogens (primary N) is 2. The van der Waals surface area contributed by atoms with Crippen LogP contribution in [0.1, 0.15) is 24.0 Å². The fourth-order valence-electron chi connectivity index (χ4n) is 2.50. The van der Waals surface area contributed by atoms with Crippen LogP contribution in [0.2, 0.25) is 0 Å². The van der Waals surface area contributed by atoms with Crippen LogP contribution in [-0.4, -0.2) is 12.6 Å². The highest BCUT2D eigenvalue weighted by Gasteiger charge is 2.19. The molecule has 0 spiro atoms. The van der Waals surface area contributed by atoms with Crippen LogP contribution in [0.3, 0.4) is 0 Å². The second-order valence-electron chi connectivity index (χ2n) is 4.61. The van der Waals surface area contributed by atoms with Crippen LogP contribution >= 0.6 is 0 Å². The average Bonchev–Trinajstić information content (AvgIpc) is 2.29. The van der Waals surface area contributed by atoms with Gasteiger partial charge in [-0.15, -0.1) is 0 Å². The maximum absolute atomic E-state index is 5.90. The zero-order chi connectivity index (χ0) is 10.7. The summed E-state index contributed by atoms with van der Waals surface area (Å²) in [6, 6.07) is 8.93. The second-order valence-corrected chi connectivity index (χ2v) is 4.61. The van der Waals surface area contributed by atoms with Crippen molar-refractivity contribution in [2.75, 3.05) is 6.54 Å². The van der Waals surface area contributed by atoms with E-state index in [1.807, 2.05) is 0 Å². The normalized spacial score (nSPS) is 22.1. The SMILES string of the molecule is NC[C@@H](N)C[C@H]1CCc2ccccc2C1. The fraction of sp³-hybridized carbons (Fsp3) is 0.538. The molecular weight excluding hydrogens is 184 g/mol. The third kappa shape index (κ3) is 2.58. The van der Waals surface area contributed by atoms with E-state index in [0.717, 1.165) is 12.3 Å². The lowest BCUT2D eigenvalue weighted by atomic mass is 9.81. The standard InChI is InChI=1S/C13H20N2/c14-9-13(15)8-10-5-6-11-3-1-2-4-12(11)7-10/h1-4,10,13H,5-9,14-15H2/t10-,13-/m0/s1. The maximum Gasteiger partial charge on any atom is 0.0165 e. The van der Waals surface area contributed by atoms with Gasteiger partial charge < -0.3 is 11.5 Å². The Bertz CT molecular complexity index is 322. The third-order valence-electron chi connectivity index (χ3n) is 3.39. The molecular formula is C13H20N2.